The van der Waals surface area contributed by atoms with Crippen LogP contribution < -0.4 is 5.32 Å². The SMILES string of the molecule is Cn1ncc(NCC(F)(F)F)c1Br. The zero-order valence-corrected chi connectivity index (χ0v) is 8.28. The maximum absolute atomic E-state index is 11.8. The molecule has 0 saturated carbocycles. The Morgan fingerprint density at radius 2 is 2.23 bits per heavy atom. The Bertz CT molecular complexity index is 294. The second-order valence-electron chi connectivity index (χ2n) is 2.44. The molecule has 0 aliphatic rings. The average molecular weight is 258 g/mol. The molecular formula is C6H7BrF3N3. The molecule has 0 aliphatic carbocycles. The molecule has 1 N–H and O–H groups in total. The summed E-state index contributed by atoms with van der Waals surface area (Å²) >= 11 is 3.09. The fraction of sp³-hybridized carbons (Fsp3) is 0.500. The zero-order chi connectivity index (χ0) is 10.1. The molecule has 0 aliphatic heterocycles. The van der Waals surface area contributed by atoms with Crippen molar-refractivity contribution in [1.29, 1.82) is 0 Å². The number of nitrogens with zero attached hydrogens (tertiary/aromatic N) is 2. The summed E-state index contributed by atoms with van der Waals surface area (Å²) in [5.41, 5.74) is 0.333. The van der Waals surface area contributed by atoms with Crippen LogP contribution in [0, 0.1) is 0 Å². The number of aromatic nitrogens is 2. The van der Waals surface area contributed by atoms with Crippen LogP contribution in [0.3, 0.4) is 0 Å². The van der Waals surface area contributed by atoms with Gasteiger partial charge in [0.15, 0.2) is 0 Å². The van der Waals surface area contributed by atoms with Gasteiger partial charge >= 0.3 is 6.18 Å². The lowest BCUT2D eigenvalue weighted by Gasteiger charge is -2.07. The molecule has 13 heavy (non-hydrogen) atoms. The van der Waals surface area contributed by atoms with Crippen LogP contribution in [0.1, 0.15) is 0 Å². The van der Waals surface area contributed by atoms with Crippen LogP contribution in [0.15, 0.2) is 10.8 Å². The molecule has 0 radical (unpaired) electrons. The molecule has 0 spiro atoms. The summed E-state index contributed by atoms with van der Waals surface area (Å²) in [6.07, 6.45) is -2.88. The van der Waals surface area contributed by atoms with Crippen LogP contribution in [0.25, 0.3) is 0 Å². The van der Waals surface area contributed by atoms with E-state index in [-0.39, 0.29) is 0 Å². The number of halogens is 4. The first-order valence-corrected chi connectivity index (χ1v) is 4.17. The third kappa shape index (κ3) is 2.91. The summed E-state index contributed by atoms with van der Waals surface area (Å²) in [4.78, 5) is 0. The molecule has 0 atom stereocenters. The third-order valence-corrected chi connectivity index (χ3v) is 2.29. The van der Waals surface area contributed by atoms with Crippen LogP contribution in [-0.2, 0) is 7.05 Å². The number of anilines is 1. The first kappa shape index (κ1) is 10.4. The highest BCUT2D eigenvalue weighted by atomic mass is 79.9. The van der Waals surface area contributed by atoms with Crippen LogP contribution >= 0.6 is 15.9 Å². The van der Waals surface area contributed by atoms with Crippen molar-refractivity contribution in [2.45, 2.75) is 6.18 Å². The summed E-state index contributed by atoms with van der Waals surface area (Å²) in [5.74, 6) is 0. The van der Waals surface area contributed by atoms with Gasteiger partial charge in [-0.25, -0.2) is 0 Å². The van der Waals surface area contributed by atoms with E-state index in [1.807, 2.05) is 0 Å². The van der Waals surface area contributed by atoms with E-state index in [0.29, 0.717) is 10.3 Å². The van der Waals surface area contributed by atoms with Crippen molar-refractivity contribution >= 4 is 21.6 Å². The summed E-state index contributed by atoms with van der Waals surface area (Å²) in [6.45, 7) is -1.06. The summed E-state index contributed by atoms with van der Waals surface area (Å²) in [5, 5.41) is 5.98. The van der Waals surface area contributed by atoms with Crippen molar-refractivity contribution in [1.82, 2.24) is 9.78 Å². The highest BCUT2D eigenvalue weighted by molar-refractivity contribution is 9.10. The van der Waals surface area contributed by atoms with Gasteiger partial charge in [-0.1, -0.05) is 0 Å². The zero-order valence-electron chi connectivity index (χ0n) is 6.69. The van der Waals surface area contributed by atoms with Crippen molar-refractivity contribution in [3.8, 4) is 0 Å². The topological polar surface area (TPSA) is 29.9 Å². The largest absolute Gasteiger partial charge is 0.405 e. The second kappa shape index (κ2) is 3.57. The molecule has 7 heteroatoms. The van der Waals surface area contributed by atoms with Crippen LogP contribution in [0.2, 0.25) is 0 Å². The number of aryl methyl sites for hydroxylation is 1. The van der Waals surface area contributed by atoms with Crippen LogP contribution in [-0.4, -0.2) is 22.5 Å². The second-order valence-corrected chi connectivity index (χ2v) is 3.19. The molecule has 74 valence electrons. The standard InChI is InChI=1S/C6H7BrF3N3/c1-13-5(7)4(2-12-13)11-3-6(8,9)10/h2,11H,3H2,1H3. The molecule has 0 unspecified atom stereocenters. The molecule has 1 aromatic rings. The third-order valence-electron chi connectivity index (χ3n) is 1.35. The lowest BCUT2D eigenvalue weighted by Crippen LogP contribution is -2.21. The van der Waals surface area contributed by atoms with E-state index >= 15 is 0 Å². The molecular weight excluding hydrogens is 251 g/mol. The Labute approximate surface area is 81.0 Å². The van der Waals surface area contributed by atoms with E-state index in [4.69, 9.17) is 0 Å². The predicted octanol–water partition coefficient (Wildman–Crippen LogP) is 2.16. The Morgan fingerprint density at radius 3 is 2.62 bits per heavy atom. The van der Waals surface area contributed by atoms with Gasteiger partial charge in [-0.15, -0.1) is 0 Å². The summed E-state index contributed by atoms with van der Waals surface area (Å²) in [6, 6.07) is 0. The predicted molar refractivity (Wildman–Crippen MR) is 45.5 cm³/mol. The molecule has 0 fully saturated rings. The molecule has 0 saturated heterocycles. The quantitative estimate of drug-likeness (QED) is 0.880. The van der Waals surface area contributed by atoms with E-state index in [0.717, 1.165) is 0 Å². The first-order chi connectivity index (χ1) is 5.90. The average Bonchev–Trinajstić information content (AvgIpc) is 2.29. The van der Waals surface area contributed by atoms with E-state index < -0.39 is 12.7 Å². The van der Waals surface area contributed by atoms with Crippen molar-refractivity contribution in [3.05, 3.63) is 10.8 Å². The van der Waals surface area contributed by atoms with Crippen molar-refractivity contribution in [3.63, 3.8) is 0 Å². The van der Waals surface area contributed by atoms with E-state index in [1.165, 1.54) is 10.9 Å². The number of nitrogens with one attached hydrogen (secondary N) is 1. The van der Waals surface area contributed by atoms with Gasteiger partial charge in [0.25, 0.3) is 0 Å². The smallest absolute Gasteiger partial charge is 0.373 e. The van der Waals surface area contributed by atoms with Gasteiger partial charge < -0.3 is 5.32 Å². The van der Waals surface area contributed by atoms with Gasteiger partial charge in [0, 0.05) is 7.05 Å². The summed E-state index contributed by atoms with van der Waals surface area (Å²) in [7, 11) is 1.63. The maximum atomic E-state index is 11.8. The Balaban J connectivity index is 2.60. The fourth-order valence-corrected chi connectivity index (χ4v) is 1.07. The van der Waals surface area contributed by atoms with Gasteiger partial charge in [0.2, 0.25) is 0 Å². The van der Waals surface area contributed by atoms with Crippen LogP contribution in [0.4, 0.5) is 18.9 Å². The molecule has 1 rings (SSSR count). The minimum Gasteiger partial charge on any atom is -0.373 e. The molecule has 0 amide bonds. The Morgan fingerprint density at radius 1 is 1.62 bits per heavy atom. The monoisotopic (exact) mass is 257 g/mol. The Kier molecular flexibility index (Phi) is 2.84. The van der Waals surface area contributed by atoms with Gasteiger partial charge in [0.1, 0.15) is 11.1 Å². The summed E-state index contributed by atoms with van der Waals surface area (Å²) < 4.78 is 37.3. The highest BCUT2D eigenvalue weighted by Gasteiger charge is 2.27. The molecule has 3 nitrogen and oxygen atoms in total. The Hall–Kier alpha value is -0.720. The van der Waals surface area contributed by atoms with Crippen molar-refractivity contribution in [2.24, 2.45) is 7.05 Å². The van der Waals surface area contributed by atoms with E-state index in [2.05, 4.69) is 26.3 Å². The highest BCUT2D eigenvalue weighted by Crippen LogP contribution is 2.22. The van der Waals surface area contributed by atoms with Crippen LogP contribution in [0.5, 0.6) is 0 Å². The van der Waals surface area contributed by atoms with Gasteiger partial charge in [-0.3, -0.25) is 4.68 Å². The number of hydrogen-bond acceptors (Lipinski definition) is 2. The van der Waals surface area contributed by atoms with Gasteiger partial charge in [-0.2, -0.15) is 18.3 Å². The number of alkyl halides is 3. The molecule has 1 aromatic heterocycles. The van der Waals surface area contributed by atoms with E-state index in [1.54, 1.807) is 7.05 Å². The van der Waals surface area contributed by atoms with Gasteiger partial charge in [-0.05, 0) is 15.9 Å². The molecule has 1 heterocycles. The number of rotatable bonds is 2. The minimum absolute atomic E-state index is 0.333. The van der Waals surface area contributed by atoms with E-state index in [9.17, 15) is 13.2 Å². The normalized spacial score (nSPS) is 11.8. The molecule has 0 aromatic carbocycles. The first-order valence-electron chi connectivity index (χ1n) is 3.38. The number of hydrogen-bond donors (Lipinski definition) is 1. The van der Waals surface area contributed by atoms with Crippen molar-refractivity contribution in [2.75, 3.05) is 11.9 Å². The molecule has 0 bridgehead atoms. The van der Waals surface area contributed by atoms with Crippen molar-refractivity contribution < 1.29 is 13.2 Å². The van der Waals surface area contributed by atoms with Gasteiger partial charge in [0.05, 0.1) is 11.9 Å². The lowest BCUT2D eigenvalue weighted by molar-refractivity contribution is -0.115. The minimum atomic E-state index is -4.21. The lowest BCUT2D eigenvalue weighted by atomic mass is 10.5. The maximum Gasteiger partial charge on any atom is 0.405 e. The fourth-order valence-electron chi connectivity index (χ4n) is 0.737.